The molecule has 0 atom stereocenters. The minimum atomic E-state index is -0.0405. The first-order valence-corrected chi connectivity index (χ1v) is 6.11. The van der Waals surface area contributed by atoms with Crippen LogP contribution in [0, 0.1) is 10.8 Å². The second-order valence-corrected chi connectivity index (χ2v) is 6.00. The van der Waals surface area contributed by atoms with Crippen LogP contribution in [0.3, 0.4) is 0 Å². The molecule has 2 rings (SSSR count). The molecule has 2 N–H and O–H groups in total. The first-order chi connectivity index (χ1) is 7.52. The molecule has 1 aliphatic heterocycles. The lowest BCUT2D eigenvalue weighted by atomic mass is 9.70. The third-order valence-electron chi connectivity index (χ3n) is 3.81. The molecular weight excluding hydrogens is 204 g/mol. The van der Waals surface area contributed by atoms with Gasteiger partial charge in [-0.2, -0.15) is 0 Å². The Morgan fingerprint density at radius 3 is 2.06 bits per heavy atom. The molecule has 1 aliphatic carbocycles. The first kappa shape index (κ1) is 11.7. The zero-order chi connectivity index (χ0) is 11.6. The van der Waals surface area contributed by atoms with Crippen LogP contribution >= 0.6 is 0 Å². The Balaban J connectivity index is 1.61. The van der Waals surface area contributed by atoms with Gasteiger partial charge in [-0.15, -0.1) is 0 Å². The van der Waals surface area contributed by atoms with E-state index >= 15 is 0 Å². The summed E-state index contributed by atoms with van der Waals surface area (Å²) >= 11 is 0. The molecule has 2 fully saturated rings. The Labute approximate surface area is 97.1 Å². The Kier molecular flexibility index (Phi) is 3.10. The highest BCUT2D eigenvalue weighted by Gasteiger charge is 2.34. The van der Waals surface area contributed by atoms with Crippen LogP contribution in [0.4, 0.5) is 4.79 Å². The Morgan fingerprint density at radius 2 is 1.69 bits per heavy atom. The molecule has 0 aromatic heterocycles. The number of urea groups is 1. The molecule has 4 heteroatoms. The van der Waals surface area contributed by atoms with Crippen LogP contribution in [0.1, 0.15) is 33.1 Å². The van der Waals surface area contributed by atoms with Gasteiger partial charge >= 0.3 is 6.03 Å². The monoisotopic (exact) mass is 226 g/mol. The van der Waals surface area contributed by atoms with Crippen molar-refractivity contribution in [1.82, 2.24) is 10.6 Å². The summed E-state index contributed by atoms with van der Waals surface area (Å²) in [5.74, 6) is 0. The van der Waals surface area contributed by atoms with Crippen LogP contribution in [0.5, 0.6) is 0 Å². The van der Waals surface area contributed by atoms with Crippen LogP contribution in [0.2, 0.25) is 0 Å². The van der Waals surface area contributed by atoms with Gasteiger partial charge in [-0.1, -0.05) is 20.3 Å². The number of rotatable bonds is 4. The number of amides is 2. The summed E-state index contributed by atoms with van der Waals surface area (Å²) in [6.07, 6.45) is 3.77. The van der Waals surface area contributed by atoms with E-state index in [-0.39, 0.29) is 11.4 Å². The molecular formula is C12H22N2O2. The van der Waals surface area contributed by atoms with Gasteiger partial charge in [0.05, 0.1) is 13.2 Å². The zero-order valence-electron chi connectivity index (χ0n) is 10.3. The molecule has 0 radical (unpaired) electrons. The highest BCUT2D eigenvalue weighted by Crippen LogP contribution is 2.39. The standard InChI is InChI=1S/C12H22N2O2/c1-11(4-3-5-11)6-13-10(15)14-7-12(2)8-16-9-12/h3-9H2,1-2H3,(H2,13,14,15). The van der Waals surface area contributed by atoms with Gasteiger partial charge in [0.2, 0.25) is 0 Å². The van der Waals surface area contributed by atoms with Crippen molar-refractivity contribution < 1.29 is 9.53 Å². The van der Waals surface area contributed by atoms with E-state index in [0.717, 1.165) is 19.8 Å². The Hall–Kier alpha value is -0.770. The number of ether oxygens (including phenoxy) is 1. The molecule has 1 heterocycles. The largest absolute Gasteiger partial charge is 0.380 e. The summed E-state index contributed by atoms with van der Waals surface area (Å²) in [5, 5.41) is 5.87. The van der Waals surface area contributed by atoms with E-state index in [1.54, 1.807) is 0 Å². The molecule has 16 heavy (non-hydrogen) atoms. The van der Waals surface area contributed by atoms with E-state index in [2.05, 4.69) is 24.5 Å². The maximum Gasteiger partial charge on any atom is 0.314 e. The lowest BCUT2D eigenvalue weighted by Gasteiger charge is -2.39. The van der Waals surface area contributed by atoms with Crippen LogP contribution in [0.15, 0.2) is 0 Å². The summed E-state index contributed by atoms with van der Waals surface area (Å²) in [7, 11) is 0. The van der Waals surface area contributed by atoms with Gasteiger partial charge in [0.25, 0.3) is 0 Å². The van der Waals surface area contributed by atoms with Crippen LogP contribution < -0.4 is 10.6 Å². The van der Waals surface area contributed by atoms with E-state index in [0.29, 0.717) is 12.0 Å². The van der Waals surface area contributed by atoms with Crippen LogP contribution in [0.25, 0.3) is 0 Å². The molecule has 4 nitrogen and oxygen atoms in total. The lowest BCUT2D eigenvalue weighted by Crippen LogP contribution is -2.51. The van der Waals surface area contributed by atoms with Crippen molar-refractivity contribution in [3.63, 3.8) is 0 Å². The van der Waals surface area contributed by atoms with Crippen molar-refractivity contribution in [3.8, 4) is 0 Å². The molecule has 0 aromatic rings. The van der Waals surface area contributed by atoms with Crippen molar-refractivity contribution in [2.45, 2.75) is 33.1 Å². The zero-order valence-corrected chi connectivity index (χ0v) is 10.3. The summed E-state index contributed by atoms with van der Waals surface area (Å²) in [5.41, 5.74) is 0.499. The minimum Gasteiger partial charge on any atom is -0.380 e. The molecule has 1 saturated heterocycles. The summed E-state index contributed by atoms with van der Waals surface area (Å²) in [4.78, 5) is 11.6. The van der Waals surface area contributed by atoms with Crippen molar-refractivity contribution in [1.29, 1.82) is 0 Å². The van der Waals surface area contributed by atoms with Gasteiger partial charge in [0.1, 0.15) is 0 Å². The van der Waals surface area contributed by atoms with Crippen molar-refractivity contribution in [3.05, 3.63) is 0 Å². The second-order valence-electron chi connectivity index (χ2n) is 6.00. The van der Waals surface area contributed by atoms with Crippen molar-refractivity contribution >= 4 is 6.03 Å². The predicted molar refractivity (Wildman–Crippen MR) is 62.3 cm³/mol. The Bertz CT molecular complexity index is 244. The highest BCUT2D eigenvalue weighted by molar-refractivity contribution is 5.73. The third kappa shape index (κ3) is 2.67. The fourth-order valence-corrected chi connectivity index (χ4v) is 2.16. The van der Waals surface area contributed by atoms with Gasteiger partial charge in [0.15, 0.2) is 0 Å². The van der Waals surface area contributed by atoms with E-state index in [9.17, 15) is 4.79 Å². The average Bonchev–Trinajstić information content (AvgIpc) is 2.18. The fraction of sp³-hybridized carbons (Fsp3) is 0.917. The normalized spacial score (nSPS) is 25.1. The highest BCUT2D eigenvalue weighted by atomic mass is 16.5. The van der Waals surface area contributed by atoms with E-state index < -0.39 is 0 Å². The van der Waals surface area contributed by atoms with E-state index in [4.69, 9.17) is 4.74 Å². The van der Waals surface area contributed by atoms with Crippen molar-refractivity contribution in [2.24, 2.45) is 10.8 Å². The molecule has 92 valence electrons. The Morgan fingerprint density at radius 1 is 1.12 bits per heavy atom. The van der Waals surface area contributed by atoms with Gasteiger partial charge in [-0.3, -0.25) is 0 Å². The van der Waals surface area contributed by atoms with Crippen molar-refractivity contribution in [2.75, 3.05) is 26.3 Å². The summed E-state index contributed by atoms with van der Waals surface area (Å²) < 4.78 is 5.14. The number of carbonyl (C=O) groups excluding carboxylic acids is 1. The summed E-state index contributed by atoms with van der Waals surface area (Å²) in [6.45, 7) is 7.37. The molecule has 0 bridgehead atoms. The molecule has 0 spiro atoms. The average molecular weight is 226 g/mol. The maximum absolute atomic E-state index is 11.6. The van der Waals surface area contributed by atoms with Gasteiger partial charge in [-0.05, 0) is 18.3 Å². The minimum absolute atomic E-state index is 0.0405. The fourth-order valence-electron chi connectivity index (χ4n) is 2.16. The first-order valence-electron chi connectivity index (χ1n) is 6.11. The molecule has 0 aromatic carbocycles. The molecule has 2 amide bonds. The quantitative estimate of drug-likeness (QED) is 0.763. The van der Waals surface area contributed by atoms with E-state index in [1.165, 1.54) is 19.3 Å². The molecule has 0 unspecified atom stereocenters. The number of hydrogen-bond donors (Lipinski definition) is 2. The molecule has 1 saturated carbocycles. The topological polar surface area (TPSA) is 50.4 Å². The van der Waals surface area contributed by atoms with E-state index in [1.807, 2.05) is 0 Å². The lowest BCUT2D eigenvalue weighted by molar-refractivity contribution is -0.0975. The second kappa shape index (κ2) is 4.24. The van der Waals surface area contributed by atoms with Crippen LogP contribution in [-0.2, 0) is 4.74 Å². The number of carbonyl (C=O) groups is 1. The van der Waals surface area contributed by atoms with Gasteiger partial charge in [0, 0.05) is 18.5 Å². The molecule has 2 aliphatic rings. The van der Waals surface area contributed by atoms with Crippen LogP contribution in [-0.4, -0.2) is 32.3 Å². The maximum atomic E-state index is 11.6. The number of nitrogens with one attached hydrogen (secondary N) is 2. The SMILES string of the molecule is CC1(CNC(=O)NCC2(C)COC2)CCC1. The number of hydrogen-bond acceptors (Lipinski definition) is 2. The summed E-state index contributed by atoms with van der Waals surface area (Å²) in [6, 6.07) is -0.0405. The van der Waals surface area contributed by atoms with Gasteiger partial charge in [-0.25, -0.2) is 4.79 Å². The van der Waals surface area contributed by atoms with Gasteiger partial charge < -0.3 is 15.4 Å². The predicted octanol–water partition coefficient (Wildman–Crippen LogP) is 1.51. The third-order valence-corrected chi connectivity index (χ3v) is 3.81. The smallest absolute Gasteiger partial charge is 0.314 e.